The Morgan fingerprint density at radius 2 is 1.76 bits per heavy atom. The van der Waals surface area contributed by atoms with Gasteiger partial charge in [-0.15, -0.1) is 0 Å². The second kappa shape index (κ2) is 9.11. The number of para-hydroxylation sites is 1. The van der Waals surface area contributed by atoms with Gasteiger partial charge in [0, 0.05) is 24.8 Å². The maximum atomic E-state index is 13.4. The fourth-order valence-corrected chi connectivity index (χ4v) is 2.86. The summed E-state index contributed by atoms with van der Waals surface area (Å²) in [4.78, 5) is 8.66. The Balaban J connectivity index is 2.02. The average molecular weight is 423 g/mol. The van der Waals surface area contributed by atoms with Gasteiger partial charge in [-0.05, 0) is 18.6 Å². The third-order valence-electron chi connectivity index (χ3n) is 3.99. The first-order valence-corrected chi connectivity index (χ1v) is 9.18. The van der Waals surface area contributed by atoms with Crippen LogP contribution in [-0.4, -0.2) is 28.2 Å². The molecule has 2 aromatic carbocycles. The van der Waals surface area contributed by atoms with Crippen LogP contribution in [0.5, 0.6) is 0 Å². The van der Waals surface area contributed by atoms with Crippen molar-refractivity contribution >= 4 is 29.1 Å². The van der Waals surface area contributed by atoms with Crippen molar-refractivity contribution in [2.75, 3.05) is 23.8 Å². The Morgan fingerprint density at radius 3 is 2.45 bits per heavy atom. The van der Waals surface area contributed by atoms with Crippen LogP contribution >= 0.6 is 11.6 Å². The fraction of sp³-hybridized carbons (Fsp3) is 0.200. The summed E-state index contributed by atoms with van der Waals surface area (Å²) in [5.41, 5.74) is 0.133. The molecule has 0 saturated carbocycles. The predicted octanol–water partition coefficient (Wildman–Crippen LogP) is 5.35. The predicted molar refractivity (Wildman–Crippen MR) is 107 cm³/mol. The zero-order valence-electron chi connectivity index (χ0n) is 15.2. The molecule has 0 fully saturated rings. The highest BCUT2D eigenvalue weighted by Crippen LogP contribution is 2.40. The van der Waals surface area contributed by atoms with E-state index in [1.54, 1.807) is 6.07 Å². The van der Waals surface area contributed by atoms with Crippen LogP contribution in [0, 0.1) is 0 Å². The van der Waals surface area contributed by atoms with Crippen LogP contribution < -0.4 is 10.6 Å². The molecule has 1 aromatic heterocycles. The van der Waals surface area contributed by atoms with E-state index in [-0.39, 0.29) is 29.1 Å². The number of nitrogens with zero attached hydrogens (tertiary/aromatic N) is 2. The van der Waals surface area contributed by atoms with Crippen LogP contribution in [0.3, 0.4) is 0 Å². The topological polar surface area (TPSA) is 70.1 Å². The smallest absolute Gasteiger partial charge is 0.396 e. The number of alkyl halides is 3. The summed E-state index contributed by atoms with van der Waals surface area (Å²) in [6, 6.07) is 14.3. The van der Waals surface area contributed by atoms with E-state index in [0.717, 1.165) is 11.6 Å². The molecule has 1 heterocycles. The minimum Gasteiger partial charge on any atom is -0.396 e. The summed E-state index contributed by atoms with van der Waals surface area (Å²) in [6.07, 6.45) is -4.10. The molecule has 0 saturated heterocycles. The van der Waals surface area contributed by atoms with E-state index >= 15 is 0 Å². The Labute approximate surface area is 170 Å². The molecule has 3 rings (SSSR count). The van der Waals surface area contributed by atoms with Gasteiger partial charge in [0.1, 0.15) is 5.82 Å². The van der Waals surface area contributed by atoms with Crippen LogP contribution in [0.25, 0.3) is 11.3 Å². The van der Waals surface area contributed by atoms with Gasteiger partial charge in [-0.1, -0.05) is 48.0 Å². The SMILES string of the molecule is OCCCNc1nc(Nc2c(Cl)cccc2C(F)(F)F)cc(-c2ccccc2)n1. The Kier molecular flexibility index (Phi) is 6.56. The fourth-order valence-electron chi connectivity index (χ4n) is 2.64. The molecular formula is C20H18ClF3N4O. The van der Waals surface area contributed by atoms with Crippen molar-refractivity contribution in [3.05, 3.63) is 65.2 Å². The maximum absolute atomic E-state index is 13.4. The number of hydrogen-bond donors (Lipinski definition) is 3. The zero-order chi connectivity index (χ0) is 20.9. The third-order valence-corrected chi connectivity index (χ3v) is 4.30. The first kappa shape index (κ1) is 20.9. The molecule has 0 radical (unpaired) electrons. The molecule has 0 aliphatic carbocycles. The van der Waals surface area contributed by atoms with Crippen LogP contribution in [0.1, 0.15) is 12.0 Å². The molecule has 3 N–H and O–H groups in total. The summed E-state index contributed by atoms with van der Waals surface area (Å²) in [5.74, 6) is 0.381. The molecule has 0 aliphatic heterocycles. The Hall–Kier alpha value is -2.84. The molecule has 0 spiro atoms. The molecule has 3 aromatic rings. The van der Waals surface area contributed by atoms with Crippen molar-refractivity contribution in [3.8, 4) is 11.3 Å². The minimum atomic E-state index is -4.58. The second-order valence-electron chi connectivity index (χ2n) is 6.12. The number of benzene rings is 2. The summed E-state index contributed by atoms with van der Waals surface area (Å²) in [6.45, 7) is 0.402. The molecular weight excluding hydrogens is 405 g/mol. The van der Waals surface area contributed by atoms with E-state index in [4.69, 9.17) is 16.7 Å². The summed E-state index contributed by atoms with van der Waals surface area (Å²) < 4.78 is 40.2. The van der Waals surface area contributed by atoms with Crippen LogP contribution in [0.15, 0.2) is 54.6 Å². The molecule has 0 amide bonds. The highest BCUT2D eigenvalue weighted by molar-refractivity contribution is 6.33. The van der Waals surface area contributed by atoms with Crippen LogP contribution in [-0.2, 0) is 6.18 Å². The number of nitrogens with one attached hydrogen (secondary N) is 2. The number of rotatable bonds is 7. The van der Waals surface area contributed by atoms with E-state index in [9.17, 15) is 13.2 Å². The quantitative estimate of drug-likeness (QED) is 0.447. The molecule has 5 nitrogen and oxygen atoms in total. The lowest BCUT2D eigenvalue weighted by Gasteiger charge is -2.16. The summed E-state index contributed by atoms with van der Waals surface area (Å²) >= 11 is 6.04. The van der Waals surface area contributed by atoms with Crippen molar-refractivity contribution in [1.29, 1.82) is 0 Å². The first-order valence-electron chi connectivity index (χ1n) is 8.80. The van der Waals surface area contributed by atoms with Gasteiger partial charge in [0.15, 0.2) is 0 Å². The van der Waals surface area contributed by atoms with Gasteiger partial charge in [-0.2, -0.15) is 18.2 Å². The van der Waals surface area contributed by atoms with Gasteiger partial charge in [-0.3, -0.25) is 0 Å². The number of aromatic nitrogens is 2. The second-order valence-corrected chi connectivity index (χ2v) is 6.52. The normalized spacial score (nSPS) is 11.3. The van der Waals surface area contributed by atoms with Crippen molar-refractivity contribution < 1.29 is 18.3 Å². The molecule has 0 aliphatic rings. The monoisotopic (exact) mass is 422 g/mol. The molecule has 0 bridgehead atoms. The largest absolute Gasteiger partial charge is 0.418 e. The lowest BCUT2D eigenvalue weighted by atomic mass is 10.1. The van der Waals surface area contributed by atoms with Crippen LogP contribution in [0.2, 0.25) is 5.02 Å². The van der Waals surface area contributed by atoms with Crippen molar-refractivity contribution in [1.82, 2.24) is 9.97 Å². The molecule has 0 unspecified atom stereocenters. The molecule has 152 valence electrons. The van der Waals surface area contributed by atoms with Crippen molar-refractivity contribution in [2.24, 2.45) is 0 Å². The molecule has 0 atom stereocenters. The van der Waals surface area contributed by atoms with E-state index in [1.807, 2.05) is 30.3 Å². The summed E-state index contributed by atoms with van der Waals surface area (Å²) in [5, 5.41) is 14.5. The Bertz CT molecular complexity index is 968. The van der Waals surface area contributed by atoms with Gasteiger partial charge in [0.25, 0.3) is 0 Å². The first-order chi connectivity index (χ1) is 13.9. The number of aliphatic hydroxyl groups excluding tert-OH is 1. The van der Waals surface area contributed by atoms with Crippen LogP contribution in [0.4, 0.5) is 30.6 Å². The van der Waals surface area contributed by atoms with E-state index in [2.05, 4.69) is 20.6 Å². The third kappa shape index (κ3) is 5.36. The highest BCUT2D eigenvalue weighted by atomic mass is 35.5. The van der Waals surface area contributed by atoms with Crippen molar-refractivity contribution in [2.45, 2.75) is 12.6 Å². The lowest BCUT2D eigenvalue weighted by molar-refractivity contribution is -0.136. The maximum Gasteiger partial charge on any atom is 0.418 e. The van der Waals surface area contributed by atoms with E-state index < -0.39 is 11.7 Å². The standard InChI is InChI=1S/C20H18ClF3N4O/c21-15-9-4-8-14(20(22,23)24)18(15)27-17-12-16(13-6-2-1-3-7-13)26-19(28-17)25-10-5-11-29/h1-4,6-9,12,29H,5,10-11H2,(H2,25,26,27,28). The Morgan fingerprint density at radius 1 is 1.00 bits per heavy atom. The van der Waals surface area contributed by atoms with Gasteiger partial charge >= 0.3 is 6.18 Å². The molecule has 29 heavy (non-hydrogen) atoms. The minimum absolute atomic E-state index is 0.00888. The number of aliphatic hydroxyl groups is 1. The van der Waals surface area contributed by atoms with Gasteiger partial charge in [-0.25, -0.2) is 4.98 Å². The highest BCUT2D eigenvalue weighted by Gasteiger charge is 2.34. The van der Waals surface area contributed by atoms with E-state index in [1.165, 1.54) is 12.1 Å². The van der Waals surface area contributed by atoms with Gasteiger partial charge < -0.3 is 15.7 Å². The number of anilines is 3. The average Bonchev–Trinajstić information content (AvgIpc) is 2.69. The summed E-state index contributed by atoms with van der Waals surface area (Å²) in [7, 11) is 0. The van der Waals surface area contributed by atoms with E-state index in [0.29, 0.717) is 18.7 Å². The van der Waals surface area contributed by atoms with Crippen molar-refractivity contribution in [3.63, 3.8) is 0 Å². The lowest BCUT2D eigenvalue weighted by Crippen LogP contribution is -2.11. The van der Waals surface area contributed by atoms with Gasteiger partial charge in [0.05, 0.1) is 22.0 Å². The number of halogens is 4. The van der Waals surface area contributed by atoms with Gasteiger partial charge in [0.2, 0.25) is 5.95 Å². The molecule has 9 heteroatoms. The zero-order valence-corrected chi connectivity index (χ0v) is 15.9. The number of hydrogen-bond acceptors (Lipinski definition) is 5.